The Morgan fingerprint density at radius 2 is 2.25 bits per heavy atom. The monoisotopic (exact) mass is 275 g/mol. The molecule has 1 amide bonds. The topological polar surface area (TPSA) is 95.1 Å². The van der Waals surface area contributed by atoms with E-state index in [-0.39, 0.29) is 0 Å². The second-order valence-electron chi connectivity index (χ2n) is 4.65. The van der Waals surface area contributed by atoms with Gasteiger partial charge < -0.3 is 10.4 Å². The maximum atomic E-state index is 12.2. The number of aromatic amines is 1. The van der Waals surface area contributed by atoms with Crippen LogP contribution in [0.1, 0.15) is 36.5 Å². The summed E-state index contributed by atoms with van der Waals surface area (Å²) >= 11 is 0. The lowest BCUT2D eigenvalue weighted by Crippen LogP contribution is -2.40. The van der Waals surface area contributed by atoms with E-state index in [1.54, 1.807) is 18.3 Å². The molecule has 6 nitrogen and oxygen atoms in total. The van der Waals surface area contributed by atoms with Crippen molar-refractivity contribution in [1.82, 2.24) is 15.5 Å². The number of rotatable bonds is 6. The van der Waals surface area contributed by atoms with E-state index in [0.717, 1.165) is 18.2 Å². The molecule has 6 heteroatoms. The number of unbranched alkanes of at least 4 members (excludes halogenated alkanes) is 1. The minimum Gasteiger partial charge on any atom is -0.480 e. The summed E-state index contributed by atoms with van der Waals surface area (Å²) in [6, 6.07) is 4.37. The number of para-hydroxylation sites is 1. The summed E-state index contributed by atoms with van der Waals surface area (Å²) in [4.78, 5) is 23.4. The Bertz CT molecular complexity index is 621. The average Bonchev–Trinajstić information content (AvgIpc) is 2.90. The Morgan fingerprint density at radius 3 is 2.95 bits per heavy atom. The number of hydrogen-bond donors (Lipinski definition) is 3. The van der Waals surface area contributed by atoms with E-state index in [9.17, 15) is 9.59 Å². The summed E-state index contributed by atoms with van der Waals surface area (Å²) in [5.74, 6) is -1.41. The third-order valence-corrected chi connectivity index (χ3v) is 3.17. The van der Waals surface area contributed by atoms with Crippen molar-refractivity contribution < 1.29 is 14.7 Å². The lowest BCUT2D eigenvalue weighted by molar-refractivity contribution is -0.139. The molecule has 2 rings (SSSR count). The van der Waals surface area contributed by atoms with Gasteiger partial charge in [-0.1, -0.05) is 31.9 Å². The molecule has 0 saturated heterocycles. The molecule has 3 N–H and O–H groups in total. The molecule has 0 spiro atoms. The summed E-state index contributed by atoms with van der Waals surface area (Å²) < 4.78 is 0. The van der Waals surface area contributed by atoms with Crippen molar-refractivity contribution in [3.8, 4) is 0 Å². The molecule has 106 valence electrons. The number of aliphatic carboxylic acids is 1. The summed E-state index contributed by atoms with van der Waals surface area (Å²) in [6.07, 6.45) is 3.69. The van der Waals surface area contributed by atoms with E-state index in [2.05, 4.69) is 15.5 Å². The summed E-state index contributed by atoms with van der Waals surface area (Å²) in [7, 11) is 0. The van der Waals surface area contributed by atoms with Gasteiger partial charge in [0.15, 0.2) is 0 Å². The van der Waals surface area contributed by atoms with Gasteiger partial charge in [0.25, 0.3) is 5.91 Å². The number of benzene rings is 1. The standard InChI is InChI=1S/C14H17N3O3/c1-2-3-7-11(14(19)20)16-13(18)10-6-4-5-9-8-15-17-12(9)10/h4-6,8,11H,2-3,7H2,1H3,(H,15,17)(H,16,18)(H,19,20). The molecule has 1 heterocycles. The van der Waals surface area contributed by atoms with Crippen LogP contribution in [0.2, 0.25) is 0 Å². The number of carbonyl (C=O) groups is 2. The van der Waals surface area contributed by atoms with Gasteiger partial charge in [-0.05, 0) is 12.5 Å². The minimum atomic E-state index is -1.01. The average molecular weight is 275 g/mol. The molecule has 1 aromatic carbocycles. The number of hydrogen-bond acceptors (Lipinski definition) is 3. The predicted molar refractivity (Wildman–Crippen MR) is 74.5 cm³/mol. The maximum absolute atomic E-state index is 12.2. The summed E-state index contributed by atoms with van der Waals surface area (Å²) in [6.45, 7) is 1.98. The zero-order valence-corrected chi connectivity index (χ0v) is 11.2. The van der Waals surface area contributed by atoms with Crippen LogP contribution in [-0.2, 0) is 4.79 Å². The molecule has 2 aromatic rings. The van der Waals surface area contributed by atoms with Gasteiger partial charge in [-0.3, -0.25) is 9.89 Å². The molecule has 0 fully saturated rings. The first kappa shape index (κ1) is 14.0. The van der Waals surface area contributed by atoms with Crippen molar-refractivity contribution in [2.24, 2.45) is 0 Å². The van der Waals surface area contributed by atoms with Crippen LogP contribution in [0.3, 0.4) is 0 Å². The number of amides is 1. The van der Waals surface area contributed by atoms with Gasteiger partial charge in [0.1, 0.15) is 6.04 Å². The maximum Gasteiger partial charge on any atom is 0.326 e. The zero-order chi connectivity index (χ0) is 14.5. The van der Waals surface area contributed by atoms with Crippen LogP contribution in [0, 0.1) is 0 Å². The van der Waals surface area contributed by atoms with Crippen molar-refractivity contribution in [3.05, 3.63) is 30.0 Å². The van der Waals surface area contributed by atoms with Crippen molar-refractivity contribution >= 4 is 22.8 Å². The highest BCUT2D eigenvalue weighted by molar-refractivity contribution is 6.06. The molecular weight excluding hydrogens is 258 g/mol. The van der Waals surface area contributed by atoms with E-state index in [4.69, 9.17) is 5.11 Å². The quantitative estimate of drug-likeness (QED) is 0.750. The van der Waals surface area contributed by atoms with Crippen LogP contribution in [-0.4, -0.2) is 33.2 Å². The third kappa shape index (κ3) is 2.96. The first-order valence-corrected chi connectivity index (χ1v) is 6.59. The predicted octanol–water partition coefficient (Wildman–Crippen LogP) is 1.94. The molecule has 0 aliphatic rings. The molecular formula is C14H17N3O3. The van der Waals surface area contributed by atoms with E-state index in [0.29, 0.717) is 17.5 Å². The molecule has 1 unspecified atom stereocenters. The molecule has 1 atom stereocenters. The number of nitrogens with one attached hydrogen (secondary N) is 2. The van der Waals surface area contributed by atoms with E-state index >= 15 is 0 Å². The lowest BCUT2D eigenvalue weighted by Gasteiger charge is -2.14. The van der Waals surface area contributed by atoms with Crippen molar-refractivity contribution in [2.45, 2.75) is 32.2 Å². The highest BCUT2D eigenvalue weighted by Gasteiger charge is 2.21. The van der Waals surface area contributed by atoms with E-state index < -0.39 is 17.9 Å². The smallest absolute Gasteiger partial charge is 0.326 e. The van der Waals surface area contributed by atoms with Crippen LogP contribution < -0.4 is 5.32 Å². The van der Waals surface area contributed by atoms with E-state index in [1.807, 2.05) is 13.0 Å². The van der Waals surface area contributed by atoms with Crippen molar-refractivity contribution in [2.75, 3.05) is 0 Å². The second kappa shape index (κ2) is 6.18. The number of carboxylic acids is 1. The molecule has 0 radical (unpaired) electrons. The number of carboxylic acid groups (broad SMARTS) is 1. The SMILES string of the molecule is CCCCC(NC(=O)c1cccc2cn[nH]c12)C(=O)O. The fourth-order valence-electron chi connectivity index (χ4n) is 2.06. The first-order valence-electron chi connectivity index (χ1n) is 6.59. The van der Waals surface area contributed by atoms with Gasteiger partial charge in [0, 0.05) is 5.39 Å². The second-order valence-corrected chi connectivity index (χ2v) is 4.65. The molecule has 1 aromatic heterocycles. The van der Waals surface area contributed by atoms with Gasteiger partial charge in [0.2, 0.25) is 0 Å². The largest absolute Gasteiger partial charge is 0.480 e. The highest BCUT2D eigenvalue weighted by atomic mass is 16.4. The Balaban J connectivity index is 2.18. The Labute approximate surface area is 116 Å². The molecule has 0 aliphatic carbocycles. The summed E-state index contributed by atoms with van der Waals surface area (Å²) in [5, 5.41) is 19.2. The number of aromatic nitrogens is 2. The van der Waals surface area contributed by atoms with Crippen LogP contribution in [0.25, 0.3) is 10.9 Å². The van der Waals surface area contributed by atoms with Crippen LogP contribution in [0.4, 0.5) is 0 Å². The van der Waals surface area contributed by atoms with E-state index in [1.165, 1.54) is 0 Å². The lowest BCUT2D eigenvalue weighted by atomic mass is 10.1. The number of H-pyrrole nitrogens is 1. The Morgan fingerprint density at radius 1 is 1.45 bits per heavy atom. The number of fused-ring (bicyclic) bond motifs is 1. The van der Waals surface area contributed by atoms with Gasteiger partial charge in [-0.15, -0.1) is 0 Å². The third-order valence-electron chi connectivity index (χ3n) is 3.17. The zero-order valence-electron chi connectivity index (χ0n) is 11.2. The van der Waals surface area contributed by atoms with Gasteiger partial charge in [-0.25, -0.2) is 4.79 Å². The van der Waals surface area contributed by atoms with Crippen LogP contribution in [0.5, 0.6) is 0 Å². The Kier molecular flexibility index (Phi) is 4.34. The first-order chi connectivity index (χ1) is 9.63. The van der Waals surface area contributed by atoms with Crippen LogP contribution >= 0.6 is 0 Å². The molecule has 20 heavy (non-hydrogen) atoms. The fourth-order valence-corrected chi connectivity index (χ4v) is 2.06. The normalized spacial score (nSPS) is 12.2. The van der Waals surface area contributed by atoms with Crippen molar-refractivity contribution in [1.29, 1.82) is 0 Å². The molecule has 0 aliphatic heterocycles. The molecule has 0 bridgehead atoms. The summed E-state index contributed by atoms with van der Waals surface area (Å²) in [5.41, 5.74) is 1.02. The fraction of sp³-hybridized carbons (Fsp3) is 0.357. The van der Waals surface area contributed by atoms with Crippen molar-refractivity contribution in [3.63, 3.8) is 0 Å². The Hall–Kier alpha value is -2.37. The minimum absolute atomic E-state index is 0.400. The van der Waals surface area contributed by atoms with Gasteiger partial charge in [-0.2, -0.15) is 5.10 Å². The molecule has 0 saturated carbocycles. The van der Waals surface area contributed by atoms with Gasteiger partial charge >= 0.3 is 5.97 Å². The van der Waals surface area contributed by atoms with Crippen LogP contribution in [0.15, 0.2) is 24.4 Å². The highest BCUT2D eigenvalue weighted by Crippen LogP contribution is 2.15. The van der Waals surface area contributed by atoms with Gasteiger partial charge in [0.05, 0.1) is 17.3 Å². The number of nitrogens with zero attached hydrogens (tertiary/aromatic N) is 1. The number of carbonyl (C=O) groups excluding carboxylic acids is 1.